The molecule has 0 fully saturated rings. The highest BCUT2D eigenvalue weighted by molar-refractivity contribution is 5.94. The van der Waals surface area contributed by atoms with E-state index in [-0.39, 0.29) is 12.5 Å². The molecule has 3 aromatic rings. The summed E-state index contributed by atoms with van der Waals surface area (Å²) in [4.78, 5) is 12.6. The monoisotopic (exact) mass is 390 g/mol. The molecule has 3 heterocycles. The number of carbonyl (C=O) groups excluding carboxylic acids is 1. The molecule has 148 valence electrons. The van der Waals surface area contributed by atoms with Crippen molar-refractivity contribution in [1.29, 1.82) is 0 Å². The highest BCUT2D eigenvalue weighted by atomic mass is 16.6. The van der Waals surface area contributed by atoms with Gasteiger partial charge < -0.3 is 19.4 Å². The molecule has 0 saturated heterocycles. The molecule has 1 N–H and O–H groups in total. The van der Waals surface area contributed by atoms with Gasteiger partial charge >= 0.3 is 0 Å². The molecular weight excluding hydrogens is 368 g/mol. The molecule has 0 saturated carbocycles. The van der Waals surface area contributed by atoms with E-state index < -0.39 is 6.10 Å². The zero-order valence-corrected chi connectivity index (χ0v) is 16.0. The summed E-state index contributed by atoms with van der Waals surface area (Å²) < 4.78 is 13.6. The molecule has 5 rings (SSSR count). The van der Waals surface area contributed by atoms with Gasteiger partial charge in [0.05, 0.1) is 0 Å². The van der Waals surface area contributed by atoms with E-state index in [0.29, 0.717) is 17.2 Å². The number of aryl methyl sites for hydroxylation is 1. The summed E-state index contributed by atoms with van der Waals surface area (Å²) in [7, 11) is 0. The van der Waals surface area contributed by atoms with E-state index in [1.807, 2.05) is 42.5 Å². The van der Waals surface area contributed by atoms with Crippen LogP contribution in [-0.4, -0.2) is 33.4 Å². The van der Waals surface area contributed by atoms with Crippen LogP contribution in [0.3, 0.4) is 0 Å². The summed E-state index contributed by atoms with van der Waals surface area (Å²) in [6.07, 6.45) is 3.84. The maximum absolute atomic E-state index is 12.6. The summed E-state index contributed by atoms with van der Waals surface area (Å²) in [5, 5.41) is 11.6. The minimum atomic E-state index is -0.683. The molecule has 29 heavy (non-hydrogen) atoms. The molecule has 0 aliphatic carbocycles. The van der Waals surface area contributed by atoms with Crippen LogP contribution in [0.15, 0.2) is 48.5 Å². The number of ether oxygens (including phenoxy) is 2. The van der Waals surface area contributed by atoms with Crippen molar-refractivity contribution in [3.63, 3.8) is 0 Å². The van der Waals surface area contributed by atoms with Crippen molar-refractivity contribution in [3.8, 4) is 22.9 Å². The number of nitrogens with one attached hydrogen (secondary N) is 1. The van der Waals surface area contributed by atoms with E-state index >= 15 is 0 Å². The molecule has 1 atom stereocenters. The van der Waals surface area contributed by atoms with Gasteiger partial charge in [-0.25, -0.2) is 0 Å². The third-order valence-electron chi connectivity index (χ3n) is 5.32. The summed E-state index contributed by atoms with van der Waals surface area (Å²) in [6, 6.07) is 15.0. The van der Waals surface area contributed by atoms with Crippen LogP contribution >= 0.6 is 0 Å². The quantitative estimate of drug-likeness (QED) is 0.741. The Balaban J connectivity index is 1.28. The van der Waals surface area contributed by atoms with Crippen molar-refractivity contribution >= 4 is 11.6 Å². The normalized spacial score (nSPS) is 17.9. The van der Waals surface area contributed by atoms with Gasteiger partial charge in [0, 0.05) is 24.2 Å². The summed E-state index contributed by atoms with van der Waals surface area (Å²) >= 11 is 0. The van der Waals surface area contributed by atoms with Gasteiger partial charge in [-0.3, -0.25) is 4.79 Å². The van der Waals surface area contributed by atoms with Crippen molar-refractivity contribution in [1.82, 2.24) is 14.8 Å². The molecule has 0 bridgehead atoms. The van der Waals surface area contributed by atoms with Crippen molar-refractivity contribution in [2.45, 2.75) is 38.3 Å². The predicted molar refractivity (Wildman–Crippen MR) is 108 cm³/mol. The predicted octanol–water partition coefficient (Wildman–Crippen LogP) is 3.45. The number of rotatable bonds is 3. The van der Waals surface area contributed by atoms with E-state index in [4.69, 9.17) is 9.47 Å². The Morgan fingerprint density at radius 1 is 1.00 bits per heavy atom. The van der Waals surface area contributed by atoms with Gasteiger partial charge in [0.25, 0.3) is 5.91 Å². The van der Waals surface area contributed by atoms with E-state index in [2.05, 4.69) is 20.1 Å². The second-order valence-corrected chi connectivity index (χ2v) is 7.33. The molecule has 2 aromatic carbocycles. The molecule has 0 radical (unpaired) electrons. The first-order valence-corrected chi connectivity index (χ1v) is 10.00. The summed E-state index contributed by atoms with van der Waals surface area (Å²) in [6.45, 7) is 1.14. The molecule has 1 aromatic heterocycles. The Kier molecular flexibility index (Phi) is 4.63. The lowest BCUT2D eigenvalue weighted by atomic mass is 10.2. The van der Waals surface area contributed by atoms with Gasteiger partial charge in [0.1, 0.15) is 12.4 Å². The molecule has 0 spiro atoms. The molecule has 1 amide bonds. The Morgan fingerprint density at radius 2 is 1.83 bits per heavy atom. The number of hydrogen-bond donors (Lipinski definition) is 1. The fourth-order valence-electron chi connectivity index (χ4n) is 3.77. The Bertz CT molecular complexity index is 1030. The molecule has 2 aliphatic heterocycles. The number of para-hydroxylation sites is 2. The number of amides is 1. The van der Waals surface area contributed by atoms with E-state index in [9.17, 15) is 4.79 Å². The van der Waals surface area contributed by atoms with Crippen molar-refractivity contribution in [3.05, 3.63) is 54.4 Å². The lowest BCUT2D eigenvalue weighted by Gasteiger charge is -2.25. The fraction of sp³-hybridized carbons (Fsp3) is 0.318. The van der Waals surface area contributed by atoms with Crippen LogP contribution in [0.1, 0.15) is 25.1 Å². The molecular formula is C22H22N4O3. The number of benzene rings is 2. The highest BCUT2D eigenvalue weighted by Crippen LogP contribution is 2.31. The number of fused-ring (bicyclic) bond motifs is 2. The average Bonchev–Trinajstić information content (AvgIpc) is 3.02. The molecule has 7 heteroatoms. The topological polar surface area (TPSA) is 78.3 Å². The third kappa shape index (κ3) is 3.55. The lowest BCUT2D eigenvalue weighted by molar-refractivity contribution is -0.125. The van der Waals surface area contributed by atoms with E-state index in [1.165, 1.54) is 12.8 Å². The number of anilines is 1. The largest absolute Gasteiger partial charge is 0.485 e. The highest BCUT2D eigenvalue weighted by Gasteiger charge is 2.27. The van der Waals surface area contributed by atoms with E-state index in [0.717, 1.165) is 36.6 Å². The van der Waals surface area contributed by atoms with Crippen LogP contribution in [0, 0.1) is 0 Å². The van der Waals surface area contributed by atoms with Crippen molar-refractivity contribution in [2.24, 2.45) is 0 Å². The molecule has 7 nitrogen and oxygen atoms in total. The lowest BCUT2D eigenvalue weighted by Crippen LogP contribution is -2.40. The van der Waals surface area contributed by atoms with E-state index in [1.54, 1.807) is 6.07 Å². The van der Waals surface area contributed by atoms with Gasteiger partial charge in [-0.05, 0) is 49.2 Å². The van der Waals surface area contributed by atoms with Crippen molar-refractivity contribution < 1.29 is 14.3 Å². The molecule has 2 aliphatic rings. The maximum Gasteiger partial charge on any atom is 0.269 e. The minimum absolute atomic E-state index is 0.187. The van der Waals surface area contributed by atoms with Crippen LogP contribution in [0.5, 0.6) is 11.5 Å². The van der Waals surface area contributed by atoms with Crippen LogP contribution in [0.2, 0.25) is 0 Å². The van der Waals surface area contributed by atoms with Crippen LogP contribution in [0.25, 0.3) is 11.4 Å². The van der Waals surface area contributed by atoms with Gasteiger partial charge in [-0.15, -0.1) is 10.2 Å². The first kappa shape index (κ1) is 17.7. The van der Waals surface area contributed by atoms with Crippen LogP contribution in [-0.2, 0) is 17.8 Å². The number of nitrogens with zero attached hydrogens (tertiary/aromatic N) is 3. The standard InChI is InChI=1S/C22H22N4O3/c27-22(19-14-28-17-6-3-4-7-18(17)29-19)23-16-11-9-15(10-12-16)21-25-24-20-8-2-1-5-13-26(20)21/h3-4,6-7,9-12,19H,1-2,5,8,13-14H2,(H,23,27)/t19-/m1/s1. The summed E-state index contributed by atoms with van der Waals surface area (Å²) in [5.74, 6) is 2.96. The molecule has 0 unspecified atom stereocenters. The smallest absolute Gasteiger partial charge is 0.269 e. The maximum atomic E-state index is 12.6. The SMILES string of the molecule is O=C(Nc1ccc(-c2nnc3n2CCCCC3)cc1)[C@H]1COc2ccccc2O1. The summed E-state index contributed by atoms with van der Waals surface area (Å²) in [5.41, 5.74) is 1.70. The Morgan fingerprint density at radius 3 is 2.69 bits per heavy atom. The second kappa shape index (κ2) is 7.58. The second-order valence-electron chi connectivity index (χ2n) is 7.33. The van der Waals surface area contributed by atoms with Crippen LogP contribution in [0.4, 0.5) is 5.69 Å². The Hall–Kier alpha value is -3.35. The number of carbonyl (C=O) groups is 1. The van der Waals surface area contributed by atoms with Crippen LogP contribution < -0.4 is 14.8 Å². The number of aromatic nitrogens is 3. The Labute approximate surface area is 168 Å². The van der Waals surface area contributed by atoms with Gasteiger partial charge in [-0.1, -0.05) is 18.6 Å². The third-order valence-corrected chi connectivity index (χ3v) is 5.32. The van der Waals surface area contributed by atoms with Crippen molar-refractivity contribution in [2.75, 3.05) is 11.9 Å². The zero-order chi connectivity index (χ0) is 19.6. The average molecular weight is 390 g/mol. The zero-order valence-electron chi connectivity index (χ0n) is 16.0. The first-order chi connectivity index (χ1) is 14.3. The number of hydrogen-bond acceptors (Lipinski definition) is 5. The van der Waals surface area contributed by atoms with Gasteiger partial charge in [0.15, 0.2) is 17.3 Å². The van der Waals surface area contributed by atoms with Gasteiger partial charge in [-0.2, -0.15) is 0 Å². The fourth-order valence-corrected chi connectivity index (χ4v) is 3.77. The minimum Gasteiger partial charge on any atom is -0.485 e. The van der Waals surface area contributed by atoms with Gasteiger partial charge in [0.2, 0.25) is 6.10 Å². The first-order valence-electron chi connectivity index (χ1n) is 10.00.